The normalized spacial score (nSPS) is 21.5. The van der Waals surface area contributed by atoms with Crippen LogP contribution in [-0.4, -0.2) is 31.8 Å². The van der Waals surface area contributed by atoms with Gasteiger partial charge >= 0.3 is 5.97 Å². The van der Waals surface area contributed by atoms with E-state index in [0.717, 1.165) is 28.9 Å². The summed E-state index contributed by atoms with van der Waals surface area (Å²) in [7, 11) is 3.60. The van der Waals surface area contributed by atoms with E-state index < -0.39 is 5.97 Å². The Kier molecular flexibility index (Phi) is 3.80. The molecule has 1 aromatic carbocycles. The minimum absolute atomic E-state index is 0.175. The quantitative estimate of drug-likeness (QED) is 0.908. The highest BCUT2D eigenvalue weighted by molar-refractivity contribution is 9.10. The first-order chi connectivity index (χ1) is 8.52. The molecule has 0 aliphatic heterocycles. The lowest BCUT2D eigenvalue weighted by Gasteiger charge is -2.22. The molecule has 0 saturated heterocycles. The standard InChI is InChI=1S/C13H16BrNO3/c1-15(7-8-5-10(8)13(16)17)11-6-9(14)3-4-12(11)18-2/h3-4,6,8,10H,5,7H2,1-2H3,(H,16,17). The maximum atomic E-state index is 10.8. The largest absolute Gasteiger partial charge is 0.495 e. The molecule has 1 aromatic rings. The molecule has 2 atom stereocenters. The van der Waals surface area contributed by atoms with Crippen LogP contribution in [0.1, 0.15) is 6.42 Å². The molecule has 1 fully saturated rings. The van der Waals surface area contributed by atoms with E-state index in [1.54, 1.807) is 7.11 Å². The van der Waals surface area contributed by atoms with E-state index in [-0.39, 0.29) is 11.8 Å². The molecule has 18 heavy (non-hydrogen) atoms. The molecule has 1 N–H and O–H groups in total. The first-order valence-corrected chi connectivity index (χ1v) is 6.59. The van der Waals surface area contributed by atoms with E-state index in [9.17, 15) is 4.79 Å². The maximum Gasteiger partial charge on any atom is 0.306 e. The van der Waals surface area contributed by atoms with Crippen LogP contribution in [0.15, 0.2) is 22.7 Å². The van der Waals surface area contributed by atoms with Crippen molar-refractivity contribution < 1.29 is 14.6 Å². The summed E-state index contributed by atoms with van der Waals surface area (Å²) < 4.78 is 6.30. The van der Waals surface area contributed by atoms with Gasteiger partial charge < -0.3 is 14.7 Å². The van der Waals surface area contributed by atoms with Crippen LogP contribution in [0.2, 0.25) is 0 Å². The van der Waals surface area contributed by atoms with Crippen molar-refractivity contribution in [3.8, 4) is 5.75 Å². The fraction of sp³-hybridized carbons (Fsp3) is 0.462. The zero-order valence-electron chi connectivity index (χ0n) is 10.4. The van der Waals surface area contributed by atoms with E-state index in [2.05, 4.69) is 20.8 Å². The van der Waals surface area contributed by atoms with Gasteiger partial charge in [0.15, 0.2) is 0 Å². The number of rotatable bonds is 5. The fourth-order valence-corrected chi connectivity index (χ4v) is 2.51. The number of ether oxygens (including phenoxy) is 1. The minimum atomic E-state index is -0.686. The molecule has 2 rings (SSSR count). The van der Waals surface area contributed by atoms with Gasteiger partial charge in [0.25, 0.3) is 0 Å². The van der Waals surface area contributed by atoms with E-state index in [0.29, 0.717) is 0 Å². The second kappa shape index (κ2) is 5.18. The van der Waals surface area contributed by atoms with Gasteiger partial charge in [-0.3, -0.25) is 4.79 Å². The smallest absolute Gasteiger partial charge is 0.306 e. The number of carbonyl (C=O) groups is 1. The van der Waals surface area contributed by atoms with Crippen LogP contribution in [0.3, 0.4) is 0 Å². The average molecular weight is 314 g/mol. The fourth-order valence-electron chi connectivity index (χ4n) is 2.16. The molecule has 1 saturated carbocycles. The third-order valence-corrected chi connectivity index (χ3v) is 3.79. The second-order valence-corrected chi connectivity index (χ2v) is 5.55. The summed E-state index contributed by atoms with van der Waals surface area (Å²) >= 11 is 3.43. The van der Waals surface area contributed by atoms with Crippen molar-refractivity contribution in [2.75, 3.05) is 25.6 Å². The van der Waals surface area contributed by atoms with Crippen LogP contribution in [0.5, 0.6) is 5.75 Å². The summed E-state index contributed by atoms with van der Waals surface area (Å²) in [5.41, 5.74) is 0.975. The lowest BCUT2D eigenvalue weighted by atomic mass is 10.2. The summed E-state index contributed by atoms with van der Waals surface area (Å²) in [4.78, 5) is 12.9. The first-order valence-electron chi connectivity index (χ1n) is 5.80. The van der Waals surface area contributed by atoms with Crippen molar-refractivity contribution in [3.63, 3.8) is 0 Å². The summed E-state index contributed by atoms with van der Waals surface area (Å²) in [6.45, 7) is 0.740. The summed E-state index contributed by atoms with van der Waals surface area (Å²) in [5, 5.41) is 8.90. The molecular formula is C13H16BrNO3. The highest BCUT2D eigenvalue weighted by Gasteiger charge is 2.43. The van der Waals surface area contributed by atoms with Gasteiger partial charge in [-0.05, 0) is 30.5 Å². The topological polar surface area (TPSA) is 49.8 Å². The number of anilines is 1. The predicted molar refractivity (Wildman–Crippen MR) is 73.2 cm³/mol. The highest BCUT2D eigenvalue weighted by Crippen LogP contribution is 2.41. The molecule has 1 aliphatic carbocycles. The Morgan fingerprint density at radius 3 is 2.89 bits per heavy atom. The van der Waals surface area contributed by atoms with Gasteiger partial charge in [0.2, 0.25) is 0 Å². The van der Waals surface area contributed by atoms with Crippen LogP contribution in [0, 0.1) is 11.8 Å². The highest BCUT2D eigenvalue weighted by atomic mass is 79.9. The Hall–Kier alpha value is -1.23. The summed E-state index contributed by atoms with van der Waals surface area (Å²) in [6, 6.07) is 5.81. The number of aliphatic carboxylic acids is 1. The van der Waals surface area contributed by atoms with E-state index in [1.807, 2.05) is 25.2 Å². The summed E-state index contributed by atoms with van der Waals surface area (Å²) in [6.07, 6.45) is 0.774. The molecular weight excluding hydrogens is 298 g/mol. The zero-order chi connectivity index (χ0) is 13.3. The number of halogens is 1. The third-order valence-electron chi connectivity index (χ3n) is 3.30. The Bertz CT molecular complexity index is 464. The van der Waals surface area contributed by atoms with Crippen molar-refractivity contribution in [2.24, 2.45) is 11.8 Å². The van der Waals surface area contributed by atoms with Gasteiger partial charge in [-0.1, -0.05) is 15.9 Å². The van der Waals surface area contributed by atoms with Crippen LogP contribution in [-0.2, 0) is 4.79 Å². The van der Waals surface area contributed by atoms with Crippen LogP contribution in [0.4, 0.5) is 5.69 Å². The van der Waals surface area contributed by atoms with E-state index in [4.69, 9.17) is 9.84 Å². The van der Waals surface area contributed by atoms with Gasteiger partial charge in [0.1, 0.15) is 5.75 Å². The van der Waals surface area contributed by atoms with Gasteiger partial charge in [0.05, 0.1) is 18.7 Å². The molecule has 2 unspecified atom stereocenters. The first kappa shape index (κ1) is 13.2. The van der Waals surface area contributed by atoms with Gasteiger partial charge in [-0.15, -0.1) is 0 Å². The number of hydrogen-bond donors (Lipinski definition) is 1. The Morgan fingerprint density at radius 2 is 2.33 bits per heavy atom. The van der Waals surface area contributed by atoms with Gasteiger partial charge in [-0.2, -0.15) is 0 Å². The number of carboxylic acid groups (broad SMARTS) is 1. The Balaban J connectivity index is 2.07. The molecule has 0 aromatic heterocycles. The Labute approximate surface area is 115 Å². The molecule has 0 bridgehead atoms. The number of benzene rings is 1. The molecule has 1 aliphatic rings. The zero-order valence-corrected chi connectivity index (χ0v) is 12.0. The Morgan fingerprint density at radius 1 is 1.61 bits per heavy atom. The van der Waals surface area contributed by atoms with E-state index in [1.165, 1.54) is 0 Å². The molecule has 5 heteroatoms. The maximum absolute atomic E-state index is 10.8. The molecule has 0 amide bonds. The van der Waals surface area contributed by atoms with Crippen molar-refractivity contribution in [2.45, 2.75) is 6.42 Å². The lowest BCUT2D eigenvalue weighted by Crippen LogP contribution is -2.22. The molecule has 0 heterocycles. The van der Waals surface area contributed by atoms with E-state index >= 15 is 0 Å². The second-order valence-electron chi connectivity index (χ2n) is 4.64. The number of methoxy groups -OCH3 is 1. The predicted octanol–water partition coefficient (Wildman–Crippen LogP) is 2.61. The van der Waals surface area contributed by atoms with Gasteiger partial charge in [0, 0.05) is 18.1 Å². The number of carboxylic acids is 1. The van der Waals surface area contributed by atoms with Crippen molar-refractivity contribution in [1.29, 1.82) is 0 Å². The number of nitrogens with zero attached hydrogens (tertiary/aromatic N) is 1. The monoisotopic (exact) mass is 313 g/mol. The minimum Gasteiger partial charge on any atom is -0.495 e. The van der Waals surface area contributed by atoms with Crippen molar-refractivity contribution in [3.05, 3.63) is 22.7 Å². The van der Waals surface area contributed by atoms with Crippen LogP contribution >= 0.6 is 15.9 Å². The molecule has 0 spiro atoms. The van der Waals surface area contributed by atoms with Crippen LogP contribution < -0.4 is 9.64 Å². The average Bonchev–Trinajstić information content (AvgIpc) is 3.08. The van der Waals surface area contributed by atoms with Crippen molar-refractivity contribution in [1.82, 2.24) is 0 Å². The molecule has 98 valence electrons. The number of hydrogen-bond acceptors (Lipinski definition) is 3. The van der Waals surface area contributed by atoms with Crippen LogP contribution in [0.25, 0.3) is 0 Å². The SMILES string of the molecule is COc1ccc(Br)cc1N(C)CC1CC1C(=O)O. The van der Waals surface area contributed by atoms with Gasteiger partial charge in [-0.25, -0.2) is 0 Å². The lowest BCUT2D eigenvalue weighted by molar-refractivity contribution is -0.138. The third kappa shape index (κ3) is 2.77. The van der Waals surface area contributed by atoms with Crippen molar-refractivity contribution >= 4 is 27.6 Å². The molecule has 0 radical (unpaired) electrons. The molecule has 4 nitrogen and oxygen atoms in total. The summed E-state index contributed by atoms with van der Waals surface area (Å²) in [5.74, 6) is 0.185.